The van der Waals surface area contributed by atoms with Gasteiger partial charge in [-0.25, -0.2) is 4.79 Å². The first-order valence-corrected chi connectivity index (χ1v) is 22.0. The topological polar surface area (TPSA) is 84.5 Å². The summed E-state index contributed by atoms with van der Waals surface area (Å²) in [5.74, 6) is 2.18. The SMILES string of the molecule is CC(C)[C@]1(Cc2ccccc2)C(=O)[C@@H](NC(=O)C2(NC(=O)OC(C)(C)C)CCCCC2)[C@H]2CC[C@@]3(C)[C@@H](CC[C@H]4[C@@]5(C)CC[CH]C(C)(C)[C@@H]5CC[C@@]43C)[C@@H]21. The van der Waals surface area contributed by atoms with Crippen LogP contribution in [0.25, 0.3) is 0 Å². The van der Waals surface area contributed by atoms with Gasteiger partial charge in [-0.2, -0.15) is 0 Å². The van der Waals surface area contributed by atoms with Crippen molar-refractivity contribution in [1.29, 1.82) is 0 Å². The zero-order chi connectivity index (χ0) is 39.1. The molecule has 2 N–H and O–H groups in total. The molecule has 6 nitrogen and oxygen atoms in total. The average Bonchev–Trinajstić information content (AvgIpc) is 3.31. The molecule has 1 aromatic carbocycles. The number of hydrogen-bond donors (Lipinski definition) is 2. The van der Waals surface area contributed by atoms with Gasteiger partial charge in [0, 0.05) is 5.41 Å². The van der Waals surface area contributed by atoms with Gasteiger partial charge in [-0.3, -0.25) is 9.59 Å². The van der Waals surface area contributed by atoms with E-state index in [1.165, 1.54) is 37.7 Å². The van der Waals surface area contributed by atoms with Crippen molar-refractivity contribution < 1.29 is 19.1 Å². The summed E-state index contributed by atoms with van der Waals surface area (Å²) in [6.45, 7) is 23.1. The molecule has 10 atom stereocenters. The average molecular weight is 742 g/mol. The summed E-state index contributed by atoms with van der Waals surface area (Å²) in [6, 6.07) is 10.1. The Bertz CT molecular complexity index is 1590. The molecule has 6 fully saturated rings. The number of Topliss-reactive ketones (excluding diaryl/α,β-unsaturated/α-hetero) is 1. The predicted octanol–water partition coefficient (Wildman–Crippen LogP) is 10.7. The van der Waals surface area contributed by atoms with Crippen molar-refractivity contribution in [2.45, 2.75) is 176 Å². The van der Waals surface area contributed by atoms with Crippen molar-refractivity contribution >= 4 is 17.8 Å². The maximum Gasteiger partial charge on any atom is 0.408 e. The molecule has 6 saturated carbocycles. The van der Waals surface area contributed by atoms with Crippen LogP contribution >= 0.6 is 0 Å². The van der Waals surface area contributed by atoms with Crippen LogP contribution in [0.4, 0.5) is 4.79 Å². The summed E-state index contributed by atoms with van der Waals surface area (Å²) < 4.78 is 5.70. The van der Waals surface area contributed by atoms with Crippen LogP contribution in [-0.4, -0.2) is 35.0 Å². The van der Waals surface area contributed by atoms with Crippen LogP contribution in [0, 0.1) is 69.0 Å². The van der Waals surface area contributed by atoms with Crippen molar-refractivity contribution in [1.82, 2.24) is 10.6 Å². The molecule has 0 saturated heterocycles. The number of ketones is 1. The Kier molecular flexibility index (Phi) is 10.1. The second-order valence-corrected chi connectivity index (χ2v) is 21.9. The highest BCUT2D eigenvalue weighted by Crippen LogP contribution is 2.77. The third-order valence-electron chi connectivity index (χ3n) is 17.6. The molecule has 6 aliphatic carbocycles. The second kappa shape index (κ2) is 13.6. The van der Waals surface area contributed by atoms with Gasteiger partial charge in [-0.1, -0.05) is 98.1 Å². The lowest BCUT2D eigenvalue weighted by atomic mass is 9.32. The van der Waals surface area contributed by atoms with Gasteiger partial charge in [0.25, 0.3) is 0 Å². The molecule has 6 aliphatic rings. The van der Waals surface area contributed by atoms with Gasteiger partial charge in [0.05, 0.1) is 6.04 Å². The lowest BCUT2D eigenvalue weighted by Gasteiger charge is -2.72. The summed E-state index contributed by atoms with van der Waals surface area (Å²) in [5.41, 5.74) is -0.241. The molecular formula is C48H73N2O4. The number of benzene rings is 1. The minimum atomic E-state index is -1.08. The van der Waals surface area contributed by atoms with Gasteiger partial charge in [0.1, 0.15) is 11.1 Å². The number of hydrogen-bond acceptors (Lipinski definition) is 4. The first kappa shape index (κ1) is 39.8. The zero-order valence-corrected chi connectivity index (χ0v) is 35.5. The van der Waals surface area contributed by atoms with Crippen LogP contribution in [0.1, 0.15) is 158 Å². The number of nitrogens with one attached hydrogen (secondary N) is 2. The summed E-state index contributed by atoms with van der Waals surface area (Å²) in [6.07, 6.45) is 16.1. The lowest BCUT2D eigenvalue weighted by Crippen LogP contribution is -2.66. The highest BCUT2D eigenvalue weighted by Gasteiger charge is 2.73. The van der Waals surface area contributed by atoms with Crippen LogP contribution in [0.3, 0.4) is 0 Å². The summed E-state index contributed by atoms with van der Waals surface area (Å²) in [7, 11) is 0. The Balaban J connectivity index is 1.27. The number of rotatable bonds is 6. The summed E-state index contributed by atoms with van der Waals surface area (Å²) in [4.78, 5) is 43.8. The largest absolute Gasteiger partial charge is 0.444 e. The smallest absolute Gasteiger partial charge is 0.408 e. The van der Waals surface area contributed by atoms with Gasteiger partial charge in [-0.15, -0.1) is 0 Å². The fourth-order valence-electron chi connectivity index (χ4n) is 15.1. The van der Waals surface area contributed by atoms with Gasteiger partial charge < -0.3 is 15.4 Å². The zero-order valence-electron chi connectivity index (χ0n) is 35.5. The molecule has 299 valence electrons. The first-order valence-electron chi connectivity index (χ1n) is 22.0. The minimum Gasteiger partial charge on any atom is -0.444 e. The van der Waals surface area contributed by atoms with E-state index in [0.717, 1.165) is 44.4 Å². The fraction of sp³-hybridized carbons (Fsp3) is 0.792. The summed E-state index contributed by atoms with van der Waals surface area (Å²) >= 11 is 0. The van der Waals surface area contributed by atoms with Crippen LogP contribution in [0.15, 0.2) is 30.3 Å². The van der Waals surface area contributed by atoms with Crippen molar-refractivity contribution in [2.75, 3.05) is 0 Å². The van der Waals surface area contributed by atoms with Crippen molar-refractivity contribution in [2.24, 2.45) is 62.6 Å². The Morgan fingerprint density at radius 1 is 0.833 bits per heavy atom. The second-order valence-electron chi connectivity index (χ2n) is 21.9. The summed E-state index contributed by atoms with van der Waals surface area (Å²) in [5, 5.41) is 6.53. The molecule has 0 aromatic heterocycles. The number of alkyl carbamates (subject to hydrolysis) is 1. The van der Waals surface area contributed by atoms with E-state index in [4.69, 9.17) is 4.74 Å². The van der Waals surface area contributed by atoms with Crippen LogP contribution in [0.2, 0.25) is 0 Å². The van der Waals surface area contributed by atoms with E-state index in [9.17, 15) is 9.59 Å². The molecule has 1 aromatic rings. The quantitative estimate of drug-likeness (QED) is 0.304. The third-order valence-corrected chi connectivity index (χ3v) is 17.6. The Hall–Kier alpha value is -2.37. The molecular weight excluding hydrogens is 669 g/mol. The predicted molar refractivity (Wildman–Crippen MR) is 216 cm³/mol. The van der Waals surface area contributed by atoms with Crippen molar-refractivity contribution in [3.63, 3.8) is 0 Å². The Morgan fingerprint density at radius 3 is 2.15 bits per heavy atom. The number of carbonyl (C=O) groups excluding carboxylic acids is 3. The van der Waals surface area contributed by atoms with E-state index in [-0.39, 0.29) is 45.7 Å². The van der Waals surface area contributed by atoms with Crippen LogP contribution < -0.4 is 10.6 Å². The number of fused-ring (bicyclic) bond motifs is 7. The molecule has 0 aliphatic heterocycles. The molecule has 0 bridgehead atoms. The highest BCUT2D eigenvalue weighted by molar-refractivity contribution is 5.99. The van der Waals surface area contributed by atoms with Gasteiger partial charge in [0.2, 0.25) is 5.91 Å². The highest BCUT2D eigenvalue weighted by atomic mass is 16.6. The molecule has 0 heterocycles. The van der Waals surface area contributed by atoms with E-state index in [0.29, 0.717) is 36.5 Å². The van der Waals surface area contributed by atoms with Crippen LogP contribution in [0.5, 0.6) is 0 Å². The maximum atomic E-state index is 15.7. The van der Waals surface area contributed by atoms with E-state index < -0.39 is 28.7 Å². The van der Waals surface area contributed by atoms with Gasteiger partial charge in [-0.05, 0) is 161 Å². The lowest BCUT2D eigenvalue weighted by molar-refractivity contribution is -0.230. The molecule has 54 heavy (non-hydrogen) atoms. The van der Waals surface area contributed by atoms with Gasteiger partial charge >= 0.3 is 6.09 Å². The van der Waals surface area contributed by atoms with Gasteiger partial charge in [0.15, 0.2) is 5.78 Å². The fourth-order valence-corrected chi connectivity index (χ4v) is 15.1. The molecule has 2 amide bonds. The standard InChI is InChI=1S/C48H73N2O4/c1-31(2)48(30-32-18-13-11-14-19-32)37-33(38(39(48)51)49-40(52)47(26-15-12-16-27-47)50-41(53)54-42(3,4)5)22-28-45(9)34(37)20-21-36-44(8)25-17-24-43(6,7)35(44)23-29-46(36,45)10/h11,13-14,18-19,24,31,33-38H,12,15-17,20-23,25-30H2,1-10H3,(H,49,52)(H,50,53)/t33-,34-,35-,36-,37+,38-,44-,45-,46-,48-/m0/s1. The van der Waals surface area contributed by atoms with E-state index in [1.807, 2.05) is 20.8 Å². The van der Waals surface area contributed by atoms with Crippen LogP contribution in [-0.2, 0) is 20.7 Å². The first-order chi connectivity index (χ1) is 25.2. The number of ether oxygens (including phenoxy) is 1. The molecule has 1 radical (unpaired) electrons. The number of amides is 2. The van der Waals surface area contributed by atoms with Crippen molar-refractivity contribution in [3.05, 3.63) is 42.3 Å². The maximum absolute atomic E-state index is 15.7. The molecule has 0 spiro atoms. The minimum absolute atomic E-state index is 0.0723. The normalized spacial score (nSPS) is 41.1. The van der Waals surface area contributed by atoms with E-state index >= 15 is 4.79 Å². The molecule has 6 heteroatoms. The van der Waals surface area contributed by atoms with E-state index in [2.05, 4.69) is 95.9 Å². The third kappa shape index (κ3) is 6.11. The molecule has 0 unspecified atom stereocenters. The number of carbonyl (C=O) groups is 3. The van der Waals surface area contributed by atoms with Crippen molar-refractivity contribution in [3.8, 4) is 0 Å². The van der Waals surface area contributed by atoms with E-state index in [1.54, 1.807) is 0 Å². The molecule has 7 rings (SSSR count). The Morgan fingerprint density at radius 2 is 1.50 bits per heavy atom. The monoisotopic (exact) mass is 742 g/mol. The Labute approximate surface area is 327 Å².